The molecule has 0 unspecified atom stereocenters. The summed E-state index contributed by atoms with van der Waals surface area (Å²) < 4.78 is 61.3. The minimum absolute atomic E-state index is 0.0199. The Labute approximate surface area is 248 Å². The highest BCUT2D eigenvalue weighted by molar-refractivity contribution is 7.93. The molecule has 0 saturated heterocycles. The molecule has 2 N–H and O–H groups in total. The molecule has 1 amide bonds. The Bertz CT molecular complexity index is 1760. The van der Waals surface area contributed by atoms with E-state index in [2.05, 4.69) is 10.0 Å². The molecule has 4 aromatic rings. The number of aryl methyl sites for hydroxylation is 1. The Morgan fingerprint density at radius 2 is 1.44 bits per heavy atom. The standard InChI is InChI=1S/C28H25Cl2N3O6S2/c1-19-6-10-21(11-7-19)33(41(37,38)24-16-12-22(39-2)13-17-24)18-27(34)31-20-8-14-23(15-9-20)40(35,36)32-26-5-3-4-25(29)28(26)30/h3-17,32H,18H2,1-2H3,(H,31,34). The van der Waals surface area contributed by atoms with Crippen LogP contribution in [-0.2, 0) is 24.8 Å². The molecule has 214 valence electrons. The molecule has 0 heterocycles. The van der Waals surface area contributed by atoms with Crippen molar-refractivity contribution in [3.8, 4) is 5.75 Å². The molecule has 0 aliphatic carbocycles. The number of amides is 1. The van der Waals surface area contributed by atoms with Gasteiger partial charge in [0, 0.05) is 5.69 Å². The third-order valence-electron chi connectivity index (χ3n) is 5.90. The number of nitrogens with one attached hydrogen (secondary N) is 2. The lowest BCUT2D eigenvalue weighted by molar-refractivity contribution is -0.114. The topological polar surface area (TPSA) is 122 Å². The van der Waals surface area contributed by atoms with Gasteiger partial charge in [0.1, 0.15) is 12.3 Å². The van der Waals surface area contributed by atoms with Crippen LogP contribution < -0.4 is 19.1 Å². The summed E-state index contributed by atoms with van der Waals surface area (Å²) in [5.41, 5.74) is 1.60. The number of ether oxygens (including phenoxy) is 1. The molecule has 4 aromatic carbocycles. The van der Waals surface area contributed by atoms with Crippen molar-refractivity contribution in [1.29, 1.82) is 0 Å². The first-order valence-corrected chi connectivity index (χ1v) is 15.7. The molecular weight excluding hydrogens is 609 g/mol. The van der Waals surface area contributed by atoms with E-state index in [9.17, 15) is 21.6 Å². The molecule has 0 saturated carbocycles. The molecule has 0 bridgehead atoms. The predicted molar refractivity (Wildman–Crippen MR) is 161 cm³/mol. The summed E-state index contributed by atoms with van der Waals surface area (Å²) in [5.74, 6) is -0.151. The number of hydrogen-bond acceptors (Lipinski definition) is 6. The van der Waals surface area contributed by atoms with E-state index in [1.54, 1.807) is 30.3 Å². The van der Waals surface area contributed by atoms with E-state index in [1.807, 2.05) is 6.92 Å². The summed E-state index contributed by atoms with van der Waals surface area (Å²) in [6.45, 7) is 1.33. The van der Waals surface area contributed by atoms with Crippen molar-refractivity contribution in [3.05, 3.63) is 107 Å². The SMILES string of the molecule is COc1ccc(S(=O)(=O)N(CC(=O)Nc2ccc(S(=O)(=O)Nc3cccc(Cl)c3Cl)cc2)c2ccc(C)cc2)cc1. The second-order valence-electron chi connectivity index (χ2n) is 8.80. The Morgan fingerprint density at radius 1 is 0.829 bits per heavy atom. The first-order chi connectivity index (χ1) is 19.4. The molecule has 0 atom stereocenters. The number of carbonyl (C=O) groups excluding carboxylic acids is 1. The van der Waals surface area contributed by atoms with Crippen LogP contribution in [0.5, 0.6) is 5.75 Å². The number of carbonyl (C=O) groups is 1. The van der Waals surface area contributed by atoms with Crippen LogP contribution in [0.25, 0.3) is 0 Å². The van der Waals surface area contributed by atoms with Crippen molar-refractivity contribution in [2.45, 2.75) is 16.7 Å². The quantitative estimate of drug-likeness (QED) is 0.223. The number of halogens is 2. The Hall–Kier alpha value is -3.77. The molecule has 41 heavy (non-hydrogen) atoms. The molecule has 0 aliphatic heterocycles. The molecule has 9 nitrogen and oxygen atoms in total. The second-order valence-corrected chi connectivity index (χ2v) is 13.1. The molecule has 0 aromatic heterocycles. The van der Waals surface area contributed by atoms with Crippen LogP contribution in [0.4, 0.5) is 17.1 Å². The fraction of sp³-hybridized carbons (Fsp3) is 0.107. The zero-order chi connectivity index (χ0) is 29.8. The van der Waals surface area contributed by atoms with Crippen molar-refractivity contribution in [3.63, 3.8) is 0 Å². The maximum Gasteiger partial charge on any atom is 0.264 e. The number of hydrogen-bond donors (Lipinski definition) is 2. The largest absolute Gasteiger partial charge is 0.497 e. The van der Waals surface area contributed by atoms with Gasteiger partial charge in [-0.05, 0) is 79.7 Å². The van der Waals surface area contributed by atoms with Gasteiger partial charge in [0.05, 0.1) is 38.3 Å². The van der Waals surface area contributed by atoms with Crippen LogP contribution in [0.15, 0.2) is 101 Å². The number of benzene rings is 4. The maximum absolute atomic E-state index is 13.6. The van der Waals surface area contributed by atoms with Crippen molar-refractivity contribution in [2.24, 2.45) is 0 Å². The van der Waals surface area contributed by atoms with E-state index in [0.29, 0.717) is 11.4 Å². The fourth-order valence-electron chi connectivity index (χ4n) is 3.74. The molecule has 13 heteroatoms. The van der Waals surface area contributed by atoms with Crippen LogP contribution in [-0.4, -0.2) is 36.4 Å². The Kier molecular flexibility index (Phi) is 9.13. The van der Waals surface area contributed by atoms with Gasteiger partial charge in [-0.25, -0.2) is 16.8 Å². The minimum Gasteiger partial charge on any atom is -0.497 e. The van der Waals surface area contributed by atoms with E-state index >= 15 is 0 Å². The van der Waals surface area contributed by atoms with E-state index < -0.39 is 32.5 Å². The first kappa shape index (κ1) is 30.2. The van der Waals surface area contributed by atoms with E-state index in [1.165, 1.54) is 67.8 Å². The third-order valence-corrected chi connectivity index (χ3v) is 9.89. The van der Waals surface area contributed by atoms with Crippen molar-refractivity contribution in [2.75, 3.05) is 28.0 Å². The molecule has 0 radical (unpaired) electrons. The van der Waals surface area contributed by atoms with Crippen LogP contribution in [0, 0.1) is 6.92 Å². The van der Waals surface area contributed by atoms with Gasteiger partial charge in [0.2, 0.25) is 5.91 Å². The molecule has 0 spiro atoms. The number of sulfonamides is 2. The highest BCUT2D eigenvalue weighted by Crippen LogP contribution is 2.31. The molecular formula is C28H25Cl2N3O6S2. The Balaban J connectivity index is 1.53. The highest BCUT2D eigenvalue weighted by atomic mass is 35.5. The summed E-state index contributed by atoms with van der Waals surface area (Å²) >= 11 is 12.1. The van der Waals surface area contributed by atoms with Crippen LogP contribution in [0.2, 0.25) is 10.0 Å². The van der Waals surface area contributed by atoms with Crippen molar-refractivity contribution in [1.82, 2.24) is 0 Å². The van der Waals surface area contributed by atoms with Gasteiger partial charge in [-0.2, -0.15) is 0 Å². The summed E-state index contributed by atoms with van der Waals surface area (Å²) in [4.78, 5) is 12.9. The highest BCUT2D eigenvalue weighted by Gasteiger charge is 2.27. The van der Waals surface area contributed by atoms with Crippen LogP contribution in [0.1, 0.15) is 5.56 Å². The minimum atomic E-state index is -4.13. The second kappa shape index (κ2) is 12.4. The van der Waals surface area contributed by atoms with Gasteiger partial charge in [0.25, 0.3) is 20.0 Å². The average molecular weight is 635 g/mol. The Morgan fingerprint density at radius 3 is 2.05 bits per heavy atom. The molecule has 4 rings (SSSR count). The lowest BCUT2D eigenvalue weighted by Gasteiger charge is -2.24. The number of anilines is 3. The number of methoxy groups -OCH3 is 1. The van der Waals surface area contributed by atoms with Gasteiger partial charge in [-0.15, -0.1) is 0 Å². The number of rotatable bonds is 10. The molecule has 0 aliphatic rings. The first-order valence-electron chi connectivity index (χ1n) is 12.0. The van der Waals surface area contributed by atoms with Gasteiger partial charge < -0.3 is 10.1 Å². The zero-order valence-electron chi connectivity index (χ0n) is 21.8. The summed E-state index contributed by atoms with van der Waals surface area (Å²) in [5, 5.41) is 2.87. The summed E-state index contributed by atoms with van der Waals surface area (Å²) in [6, 6.07) is 22.5. The fourth-order valence-corrected chi connectivity index (χ4v) is 6.63. The van der Waals surface area contributed by atoms with E-state index in [0.717, 1.165) is 9.87 Å². The van der Waals surface area contributed by atoms with Gasteiger partial charge in [-0.3, -0.25) is 13.8 Å². The average Bonchev–Trinajstić information content (AvgIpc) is 2.95. The molecule has 0 fully saturated rings. The van der Waals surface area contributed by atoms with Crippen LogP contribution in [0.3, 0.4) is 0 Å². The van der Waals surface area contributed by atoms with E-state index in [-0.39, 0.29) is 31.2 Å². The maximum atomic E-state index is 13.6. The lowest BCUT2D eigenvalue weighted by Crippen LogP contribution is -2.38. The summed E-state index contributed by atoms with van der Waals surface area (Å²) in [7, 11) is -6.67. The van der Waals surface area contributed by atoms with Crippen molar-refractivity contribution >= 4 is 66.2 Å². The monoisotopic (exact) mass is 633 g/mol. The predicted octanol–water partition coefficient (Wildman–Crippen LogP) is 5.95. The van der Waals surface area contributed by atoms with E-state index in [4.69, 9.17) is 27.9 Å². The van der Waals surface area contributed by atoms with Gasteiger partial charge in [0.15, 0.2) is 0 Å². The van der Waals surface area contributed by atoms with Crippen LogP contribution >= 0.6 is 23.2 Å². The van der Waals surface area contributed by atoms with Gasteiger partial charge in [-0.1, -0.05) is 47.0 Å². The number of nitrogens with zero attached hydrogens (tertiary/aromatic N) is 1. The zero-order valence-corrected chi connectivity index (χ0v) is 25.0. The smallest absolute Gasteiger partial charge is 0.264 e. The van der Waals surface area contributed by atoms with Gasteiger partial charge >= 0.3 is 0 Å². The lowest BCUT2D eigenvalue weighted by atomic mass is 10.2. The third kappa shape index (κ3) is 7.12. The summed E-state index contributed by atoms with van der Waals surface area (Å²) in [6.07, 6.45) is 0. The van der Waals surface area contributed by atoms with Crippen molar-refractivity contribution < 1.29 is 26.4 Å². The normalized spacial score (nSPS) is 11.5.